The van der Waals surface area contributed by atoms with Gasteiger partial charge in [-0.15, -0.1) is 11.3 Å². The number of rotatable bonds is 8. The van der Waals surface area contributed by atoms with Crippen molar-refractivity contribution in [2.24, 2.45) is 0 Å². The molecule has 0 bridgehead atoms. The standard InChI is InChI=1S/C27H23BrN2O3S/c1-18-6-3-4-7-21(18)16-33-24-12-10-19(14-25(24)32-2)11-13-26(31)30-27-29-23(17-34-27)20-8-5-9-22(28)15-20/h3-15,17H,16H2,1-2H3,(H,29,30,31). The third kappa shape index (κ3) is 6.12. The Labute approximate surface area is 211 Å². The van der Waals surface area contributed by atoms with Gasteiger partial charge >= 0.3 is 0 Å². The van der Waals surface area contributed by atoms with E-state index < -0.39 is 0 Å². The van der Waals surface area contributed by atoms with E-state index in [2.05, 4.69) is 39.2 Å². The van der Waals surface area contributed by atoms with Crippen molar-refractivity contribution in [1.29, 1.82) is 0 Å². The number of nitrogens with zero attached hydrogens (tertiary/aromatic N) is 1. The van der Waals surface area contributed by atoms with Gasteiger partial charge in [0, 0.05) is 21.5 Å². The van der Waals surface area contributed by atoms with Gasteiger partial charge in [-0.2, -0.15) is 0 Å². The molecule has 0 spiro atoms. The minimum Gasteiger partial charge on any atom is -0.493 e. The highest BCUT2D eigenvalue weighted by Crippen LogP contribution is 2.30. The van der Waals surface area contributed by atoms with E-state index in [-0.39, 0.29) is 5.91 Å². The average Bonchev–Trinajstić information content (AvgIpc) is 3.31. The molecule has 0 aliphatic heterocycles. The van der Waals surface area contributed by atoms with Gasteiger partial charge < -0.3 is 9.47 Å². The van der Waals surface area contributed by atoms with Gasteiger partial charge in [0.2, 0.25) is 5.91 Å². The second kappa shape index (κ2) is 11.1. The number of carbonyl (C=O) groups is 1. The monoisotopic (exact) mass is 534 g/mol. The lowest BCUT2D eigenvalue weighted by Crippen LogP contribution is -2.07. The number of anilines is 1. The number of nitrogens with one attached hydrogen (secondary N) is 1. The number of ether oxygens (including phenoxy) is 2. The number of benzene rings is 3. The topological polar surface area (TPSA) is 60.5 Å². The Bertz CT molecular complexity index is 1330. The molecule has 1 aromatic heterocycles. The third-order valence-electron chi connectivity index (χ3n) is 5.11. The molecule has 3 aromatic carbocycles. The second-order valence-electron chi connectivity index (χ2n) is 7.50. The molecule has 0 unspecified atom stereocenters. The molecule has 0 atom stereocenters. The van der Waals surface area contributed by atoms with Gasteiger partial charge in [0.15, 0.2) is 16.6 Å². The van der Waals surface area contributed by atoms with Crippen molar-refractivity contribution in [3.05, 3.63) is 99.3 Å². The van der Waals surface area contributed by atoms with Gasteiger partial charge in [-0.3, -0.25) is 10.1 Å². The Morgan fingerprint density at radius 1 is 1.09 bits per heavy atom. The van der Waals surface area contributed by atoms with Crippen LogP contribution in [0.3, 0.4) is 0 Å². The maximum atomic E-state index is 12.4. The minimum atomic E-state index is -0.256. The van der Waals surface area contributed by atoms with Gasteiger partial charge in [0.05, 0.1) is 12.8 Å². The molecule has 172 valence electrons. The van der Waals surface area contributed by atoms with Crippen LogP contribution in [0.4, 0.5) is 5.13 Å². The van der Waals surface area contributed by atoms with E-state index in [1.807, 2.05) is 66.0 Å². The van der Waals surface area contributed by atoms with Crippen LogP contribution >= 0.6 is 27.3 Å². The molecule has 0 aliphatic rings. The highest BCUT2D eigenvalue weighted by molar-refractivity contribution is 9.10. The number of carbonyl (C=O) groups excluding carboxylic acids is 1. The molecule has 1 heterocycles. The Morgan fingerprint density at radius 2 is 1.94 bits per heavy atom. The lowest BCUT2D eigenvalue weighted by molar-refractivity contribution is -0.111. The Kier molecular flexibility index (Phi) is 7.77. The number of aromatic nitrogens is 1. The van der Waals surface area contributed by atoms with Crippen molar-refractivity contribution in [1.82, 2.24) is 4.98 Å². The molecular weight excluding hydrogens is 512 g/mol. The summed E-state index contributed by atoms with van der Waals surface area (Å²) in [7, 11) is 1.60. The van der Waals surface area contributed by atoms with Crippen LogP contribution < -0.4 is 14.8 Å². The highest BCUT2D eigenvalue weighted by atomic mass is 79.9. The molecule has 4 rings (SSSR count). The third-order valence-corrected chi connectivity index (χ3v) is 6.36. The molecule has 34 heavy (non-hydrogen) atoms. The molecule has 0 aliphatic carbocycles. The van der Waals surface area contributed by atoms with E-state index >= 15 is 0 Å². The maximum absolute atomic E-state index is 12.4. The van der Waals surface area contributed by atoms with Crippen LogP contribution in [0, 0.1) is 6.92 Å². The summed E-state index contributed by atoms with van der Waals surface area (Å²) in [6, 6.07) is 21.6. The van der Waals surface area contributed by atoms with Crippen molar-refractivity contribution in [2.45, 2.75) is 13.5 Å². The molecular formula is C27H23BrN2O3S. The summed E-state index contributed by atoms with van der Waals surface area (Å²) in [6.07, 6.45) is 3.20. The lowest BCUT2D eigenvalue weighted by Gasteiger charge is -2.12. The zero-order chi connectivity index (χ0) is 23.9. The average molecular weight is 535 g/mol. The summed E-state index contributed by atoms with van der Waals surface area (Å²) >= 11 is 4.85. The van der Waals surface area contributed by atoms with Crippen LogP contribution in [0.15, 0.2) is 82.7 Å². The summed E-state index contributed by atoms with van der Waals surface area (Å²) in [4.78, 5) is 16.9. The van der Waals surface area contributed by atoms with Crippen molar-refractivity contribution in [3.8, 4) is 22.8 Å². The van der Waals surface area contributed by atoms with Crippen LogP contribution in [-0.4, -0.2) is 18.0 Å². The fourth-order valence-electron chi connectivity index (χ4n) is 3.27. The number of hydrogen-bond donors (Lipinski definition) is 1. The molecule has 1 amide bonds. The zero-order valence-corrected chi connectivity index (χ0v) is 21.2. The number of hydrogen-bond acceptors (Lipinski definition) is 5. The van der Waals surface area contributed by atoms with Crippen LogP contribution in [0.1, 0.15) is 16.7 Å². The van der Waals surface area contributed by atoms with Crippen LogP contribution in [0.25, 0.3) is 17.3 Å². The highest BCUT2D eigenvalue weighted by Gasteiger charge is 2.09. The van der Waals surface area contributed by atoms with Crippen LogP contribution in [-0.2, 0) is 11.4 Å². The zero-order valence-electron chi connectivity index (χ0n) is 18.7. The smallest absolute Gasteiger partial charge is 0.250 e. The summed E-state index contributed by atoms with van der Waals surface area (Å²) in [5, 5.41) is 5.28. The Hall–Kier alpha value is -3.42. The van der Waals surface area contributed by atoms with E-state index in [0.29, 0.717) is 23.2 Å². The van der Waals surface area contributed by atoms with Crippen LogP contribution in [0.5, 0.6) is 11.5 Å². The number of thiazole rings is 1. The summed E-state index contributed by atoms with van der Waals surface area (Å²) in [6.45, 7) is 2.51. The van der Waals surface area contributed by atoms with Crippen LogP contribution in [0.2, 0.25) is 0 Å². The van der Waals surface area contributed by atoms with Gasteiger partial charge in [-0.25, -0.2) is 4.98 Å². The summed E-state index contributed by atoms with van der Waals surface area (Å²) in [5.74, 6) is 0.999. The molecule has 0 saturated carbocycles. The van der Waals surface area contributed by atoms with E-state index in [4.69, 9.17) is 9.47 Å². The maximum Gasteiger partial charge on any atom is 0.250 e. The van der Waals surface area contributed by atoms with E-state index in [1.165, 1.54) is 23.0 Å². The van der Waals surface area contributed by atoms with E-state index in [1.54, 1.807) is 13.2 Å². The second-order valence-corrected chi connectivity index (χ2v) is 9.27. The fraction of sp³-hybridized carbons (Fsp3) is 0.111. The van der Waals surface area contributed by atoms with E-state index in [0.717, 1.165) is 26.9 Å². The molecule has 0 fully saturated rings. The lowest BCUT2D eigenvalue weighted by atomic mass is 10.1. The van der Waals surface area contributed by atoms with Crippen molar-refractivity contribution >= 4 is 44.4 Å². The number of methoxy groups -OCH3 is 1. The van der Waals surface area contributed by atoms with Gasteiger partial charge in [0.25, 0.3) is 0 Å². The molecule has 0 radical (unpaired) electrons. The number of amides is 1. The van der Waals surface area contributed by atoms with Gasteiger partial charge in [-0.1, -0.05) is 58.4 Å². The van der Waals surface area contributed by atoms with Gasteiger partial charge in [0.1, 0.15) is 6.61 Å². The van der Waals surface area contributed by atoms with Gasteiger partial charge in [-0.05, 0) is 54.0 Å². The first-order chi connectivity index (χ1) is 16.5. The first-order valence-corrected chi connectivity index (χ1v) is 12.2. The Morgan fingerprint density at radius 3 is 2.74 bits per heavy atom. The quantitative estimate of drug-likeness (QED) is 0.244. The Balaban J connectivity index is 1.38. The van der Waals surface area contributed by atoms with Crippen molar-refractivity contribution < 1.29 is 14.3 Å². The van der Waals surface area contributed by atoms with E-state index in [9.17, 15) is 4.79 Å². The number of aryl methyl sites for hydroxylation is 1. The normalized spacial score (nSPS) is 10.9. The predicted molar refractivity (Wildman–Crippen MR) is 141 cm³/mol. The SMILES string of the molecule is COc1cc(C=CC(=O)Nc2nc(-c3cccc(Br)c3)cs2)ccc1OCc1ccccc1C. The first-order valence-electron chi connectivity index (χ1n) is 10.6. The first kappa shape index (κ1) is 23.7. The largest absolute Gasteiger partial charge is 0.493 e. The van der Waals surface area contributed by atoms with Crippen molar-refractivity contribution in [3.63, 3.8) is 0 Å². The minimum absolute atomic E-state index is 0.256. The predicted octanol–water partition coefficient (Wildman–Crippen LogP) is 7.12. The molecule has 5 nitrogen and oxygen atoms in total. The summed E-state index contributed by atoms with van der Waals surface area (Å²) in [5.41, 5.74) is 4.92. The molecule has 7 heteroatoms. The molecule has 1 N–H and O–H groups in total. The molecule has 4 aromatic rings. The fourth-order valence-corrected chi connectivity index (χ4v) is 4.39. The number of halogens is 1. The summed E-state index contributed by atoms with van der Waals surface area (Å²) < 4.78 is 12.4. The van der Waals surface area contributed by atoms with Crippen molar-refractivity contribution in [2.75, 3.05) is 12.4 Å². The molecule has 0 saturated heterocycles.